The predicted molar refractivity (Wildman–Crippen MR) is 128 cm³/mol. The molecular weight excluding hydrogens is 416 g/mol. The van der Waals surface area contributed by atoms with Gasteiger partial charge in [-0.25, -0.2) is 4.98 Å². The van der Waals surface area contributed by atoms with Crippen LogP contribution in [0.5, 0.6) is 0 Å². The summed E-state index contributed by atoms with van der Waals surface area (Å²) in [6.07, 6.45) is 5.07. The second-order valence-corrected chi connectivity index (χ2v) is 9.53. The second-order valence-electron chi connectivity index (χ2n) is 9.53. The molecule has 0 saturated carbocycles. The zero-order valence-electron chi connectivity index (χ0n) is 19.4. The Kier molecular flexibility index (Phi) is 6.46. The van der Waals surface area contributed by atoms with Crippen LogP contribution in [0.15, 0.2) is 36.5 Å². The highest BCUT2D eigenvalue weighted by atomic mass is 16.3. The number of hydrogen-bond donors (Lipinski definition) is 2. The first-order valence-corrected chi connectivity index (χ1v) is 12.2. The fourth-order valence-electron chi connectivity index (χ4n) is 5.39. The van der Waals surface area contributed by atoms with Crippen LogP contribution >= 0.6 is 0 Å². The number of hydrogen-bond acceptors (Lipinski definition) is 7. The largest absolute Gasteiger partial charge is 0.391 e. The Hall–Kier alpha value is -2.71. The molecule has 0 spiro atoms. The van der Waals surface area contributed by atoms with E-state index in [-0.39, 0.29) is 18.1 Å². The monoisotopic (exact) mass is 450 g/mol. The highest BCUT2D eigenvalue weighted by molar-refractivity contribution is 5.73. The van der Waals surface area contributed by atoms with Crippen LogP contribution in [0.1, 0.15) is 37.3 Å². The lowest BCUT2D eigenvalue weighted by Crippen LogP contribution is -2.56. The zero-order chi connectivity index (χ0) is 22.8. The Balaban J connectivity index is 1.23. The van der Waals surface area contributed by atoms with Crippen molar-refractivity contribution in [3.05, 3.63) is 47.7 Å². The maximum atomic E-state index is 11.6. The van der Waals surface area contributed by atoms with Crippen LogP contribution in [0.3, 0.4) is 0 Å². The minimum Gasteiger partial charge on any atom is -0.391 e. The molecule has 2 atom stereocenters. The molecule has 0 aliphatic carbocycles. The molecule has 3 aliphatic heterocycles. The van der Waals surface area contributed by atoms with Crippen molar-refractivity contribution in [3.8, 4) is 0 Å². The topological polar surface area (TPSA) is 84.8 Å². The van der Waals surface area contributed by atoms with Gasteiger partial charge in [0.15, 0.2) is 0 Å². The van der Waals surface area contributed by atoms with Crippen molar-refractivity contribution < 1.29 is 9.90 Å². The number of fused-ring (bicyclic) bond motifs is 1. The third-order valence-electron chi connectivity index (χ3n) is 7.39. The number of amides is 1. The number of nitrogens with zero attached hydrogens (tertiary/aromatic N) is 5. The molecule has 2 fully saturated rings. The molecule has 5 rings (SSSR count). The van der Waals surface area contributed by atoms with Crippen LogP contribution in [-0.4, -0.2) is 81.7 Å². The van der Waals surface area contributed by atoms with E-state index < -0.39 is 0 Å². The number of likely N-dealkylation sites (tertiary alicyclic amines) is 1. The third-order valence-corrected chi connectivity index (χ3v) is 7.39. The average Bonchev–Trinajstić information content (AvgIpc) is 2.84. The molecule has 3 aliphatic rings. The molecule has 176 valence electrons. The maximum Gasteiger partial charge on any atom is 0.227 e. The summed E-state index contributed by atoms with van der Waals surface area (Å²) in [7, 11) is 0. The lowest BCUT2D eigenvalue weighted by Gasteiger charge is -2.44. The Bertz CT molecular complexity index is 977. The van der Waals surface area contributed by atoms with Crippen molar-refractivity contribution in [1.29, 1.82) is 0 Å². The summed E-state index contributed by atoms with van der Waals surface area (Å²) < 4.78 is 0. The molecule has 2 aromatic rings. The smallest absolute Gasteiger partial charge is 0.227 e. The van der Waals surface area contributed by atoms with Gasteiger partial charge in [0.05, 0.1) is 12.1 Å². The van der Waals surface area contributed by atoms with E-state index >= 15 is 0 Å². The lowest BCUT2D eigenvalue weighted by molar-refractivity contribution is -0.129. The molecule has 8 heteroatoms. The van der Waals surface area contributed by atoms with Crippen molar-refractivity contribution in [2.45, 2.75) is 57.3 Å². The fraction of sp³-hybridized carbons (Fsp3) is 0.560. The number of rotatable bonds is 4. The first-order valence-electron chi connectivity index (χ1n) is 12.2. The van der Waals surface area contributed by atoms with E-state index in [0.29, 0.717) is 12.5 Å². The van der Waals surface area contributed by atoms with Crippen LogP contribution in [0, 0.1) is 0 Å². The number of aliphatic hydroxyl groups is 1. The number of piperidine rings is 2. The molecule has 1 aromatic heterocycles. The van der Waals surface area contributed by atoms with E-state index in [1.807, 2.05) is 17.2 Å². The van der Waals surface area contributed by atoms with Crippen LogP contribution in [0.2, 0.25) is 0 Å². The predicted octanol–water partition coefficient (Wildman–Crippen LogP) is 1.90. The maximum absolute atomic E-state index is 11.6. The molecule has 0 radical (unpaired) electrons. The third kappa shape index (κ3) is 4.96. The van der Waals surface area contributed by atoms with Crippen LogP contribution in [0.4, 0.5) is 11.8 Å². The van der Waals surface area contributed by atoms with Crippen LogP contribution in [-0.2, 0) is 17.8 Å². The summed E-state index contributed by atoms with van der Waals surface area (Å²) in [5.41, 5.74) is 2.79. The summed E-state index contributed by atoms with van der Waals surface area (Å²) in [6, 6.07) is 10.9. The Labute approximate surface area is 195 Å². The molecule has 1 aromatic carbocycles. The van der Waals surface area contributed by atoms with E-state index in [1.165, 1.54) is 11.1 Å². The van der Waals surface area contributed by atoms with Gasteiger partial charge in [-0.15, -0.1) is 0 Å². The molecule has 4 heterocycles. The van der Waals surface area contributed by atoms with Gasteiger partial charge in [-0.1, -0.05) is 24.3 Å². The second kappa shape index (κ2) is 9.65. The van der Waals surface area contributed by atoms with E-state index in [1.54, 1.807) is 6.92 Å². The average molecular weight is 451 g/mol. The molecule has 1 amide bonds. The highest BCUT2D eigenvalue weighted by Gasteiger charge is 2.35. The van der Waals surface area contributed by atoms with Gasteiger partial charge in [0.1, 0.15) is 5.82 Å². The Morgan fingerprint density at radius 2 is 1.85 bits per heavy atom. The minimum absolute atomic E-state index is 0.0724. The molecular formula is C25H34N6O2. The number of carbonyl (C=O) groups is 1. The molecule has 2 saturated heterocycles. The van der Waals surface area contributed by atoms with Gasteiger partial charge in [-0.3, -0.25) is 9.69 Å². The van der Waals surface area contributed by atoms with Crippen molar-refractivity contribution in [2.24, 2.45) is 0 Å². The van der Waals surface area contributed by atoms with E-state index in [4.69, 9.17) is 4.98 Å². The van der Waals surface area contributed by atoms with E-state index in [2.05, 4.69) is 44.4 Å². The first-order chi connectivity index (χ1) is 16.1. The highest BCUT2D eigenvalue weighted by Crippen LogP contribution is 2.26. The van der Waals surface area contributed by atoms with Gasteiger partial charge in [0.2, 0.25) is 11.9 Å². The fourth-order valence-corrected chi connectivity index (χ4v) is 5.39. The number of nitrogens with one attached hydrogen (secondary N) is 1. The summed E-state index contributed by atoms with van der Waals surface area (Å²) in [4.78, 5) is 27.5. The number of aliphatic hydroxyl groups excluding tert-OH is 1. The van der Waals surface area contributed by atoms with Gasteiger partial charge in [-0.2, -0.15) is 4.98 Å². The molecule has 8 nitrogen and oxygen atoms in total. The summed E-state index contributed by atoms with van der Waals surface area (Å²) in [6.45, 7) is 6.54. The van der Waals surface area contributed by atoms with Crippen molar-refractivity contribution >= 4 is 17.7 Å². The molecule has 33 heavy (non-hydrogen) atoms. The quantitative estimate of drug-likeness (QED) is 0.736. The SMILES string of the molecule is CC(=O)N1CCC(Nc2ccnc(N3CCC(O)C(N4CCc5ccccc5C4)C3)n2)CC1. The van der Waals surface area contributed by atoms with Gasteiger partial charge in [0, 0.05) is 58.4 Å². The number of aromatic nitrogens is 2. The van der Waals surface area contributed by atoms with Crippen molar-refractivity contribution in [1.82, 2.24) is 19.8 Å². The van der Waals surface area contributed by atoms with Gasteiger partial charge in [0.25, 0.3) is 0 Å². The van der Waals surface area contributed by atoms with E-state index in [9.17, 15) is 9.90 Å². The normalized spacial score (nSPS) is 24.4. The van der Waals surface area contributed by atoms with Crippen LogP contribution < -0.4 is 10.2 Å². The standard InChI is InChI=1S/C25H34N6O2/c1-18(32)29-13-8-21(9-14-29)27-24-6-11-26-25(28-24)31-15-10-23(33)22(17-31)30-12-7-19-4-2-3-5-20(19)16-30/h2-6,11,21-23,33H,7-10,12-17H2,1H3,(H,26,27,28). The number of carbonyl (C=O) groups excluding carboxylic acids is 1. The zero-order valence-corrected chi connectivity index (χ0v) is 19.4. The molecule has 2 unspecified atom stereocenters. The Morgan fingerprint density at radius 3 is 2.64 bits per heavy atom. The molecule has 2 N–H and O–H groups in total. The van der Waals surface area contributed by atoms with Gasteiger partial charge < -0.3 is 20.2 Å². The van der Waals surface area contributed by atoms with Crippen molar-refractivity contribution in [2.75, 3.05) is 42.9 Å². The van der Waals surface area contributed by atoms with E-state index in [0.717, 1.165) is 70.3 Å². The number of benzene rings is 1. The Morgan fingerprint density at radius 1 is 1.06 bits per heavy atom. The first kappa shape index (κ1) is 22.1. The van der Waals surface area contributed by atoms with Gasteiger partial charge >= 0.3 is 0 Å². The lowest BCUT2D eigenvalue weighted by atomic mass is 9.94. The summed E-state index contributed by atoms with van der Waals surface area (Å²) >= 11 is 0. The van der Waals surface area contributed by atoms with Gasteiger partial charge in [-0.05, 0) is 42.9 Å². The van der Waals surface area contributed by atoms with Crippen molar-refractivity contribution in [3.63, 3.8) is 0 Å². The number of anilines is 2. The molecule has 0 bridgehead atoms. The summed E-state index contributed by atoms with van der Waals surface area (Å²) in [5.74, 6) is 1.70. The van der Waals surface area contributed by atoms with Crippen LogP contribution in [0.25, 0.3) is 0 Å². The minimum atomic E-state index is -0.334. The summed E-state index contributed by atoms with van der Waals surface area (Å²) in [5, 5.41) is 14.4.